The maximum Gasteiger partial charge on any atom is 0.149 e. The molecule has 1 atom stereocenters. The van der Waals surface area contributed by atoms with E-state index in [1.165, 1.54) is 0 Å². The quantitative estimate of drug-likeness (QED) is 0.925. The second-order valence-electron chi connectivity index (χ2n) is 5.90. The third kappa shape index (κ3) is 1.46. The maximum absolute atomic E-state index is 11.2. The van der Waals surface area contributed by atoms with Gasteiger partial charge < -0.3 is 9.84 Å². The second-order valence-corrected chi connectivity index (χ2v) is 5.90. The summed E-state index contributed by atoms with van der Waals surface area (Å²) in [6, 6.07) is 20.3. The van der Waals surface area contributed by atoms with E-state index in [9.17, 15) is 5.11 Å². The zero-order valence-electron chi connectivity index (χ0n) is 11.3. The lowest BCUT2D eigenvalue weighted by Gasteiger charge is -2.56. The van der Waals surface area contributed by atoms with E-state index < -0.39 is 11.2 Å². The van der Waals surface area contributed by atoms with Crippen molar-refractivity contribution in [2.75, 3.05) is 6.61 Å². The van der Waals surface area contributed by atoms with Crippen molar-refractivity contribution in [1.29, 1.82) is 0 Å². The van der Waals surface area contributed by atoms with Gasteiger partial charge in [0.05, 0.1) is 6.61 Å². The highest BCUT2D eigenvalue weighted by Crippen LogP contribution is 2.59. The molecule has 20 heavy (non-hydrogen) atoms. The summed E-state index contributed by atoms with van der Waals surface area (Å²) in [7, 11) is 0. The van der Waals surface area contributed by atoms with Gasteiger partial charge in [-0.15, -0.1) is 0 Å². The van der Waals surface area contributed by atoms with Gasteiger partial charge in [-0.25, -0.2) is 0 Å². The summed E-state index contributed by atoms with van der Waals surface area (Å²) in [5.41, 5.74) is 0.630. The van der Waals surface area contributed by atoms with E-state index in [-0.39, 0.29) is 0 Å². The molecule has 0 spiro atoms. The summed E-state index contributed by atoms with van der Waals surface area (Å²) in [5, 5.41) is 11.2. The van der Waals surface area contributed by atoms with Crippen LogP contribution in [0.15, 0.2) is 60.7 Å². The highest BCUT2D eigenvalue weighted by molar-refractivity contribution is 5.44. The average Bonchev–Trinajstić information content (AvgIpc) is 3.33. The molecule has 1 unspecified atom stereocenters. The van der Waals surface area contributed by atoms with E-state index in [0.717, 1.165) is 24.0 Å². The van der Waals surface area contributed by atoms with E-state index >= 15 is 0 Å². The van der Waals surface area contributed by atoms with Crippen molar-refractivity contribution in [2.24, 2.45) is 5.92 Å². The first-order valence-corrected chi connectivity index (χ1v) is 7.25. The zero-order valence-corrected chi connectivity index (χ0v) is 11.3. The summed E-state index contributed by atoms with van der Waals surface area (Å²) in [4.78, 5) is 0. The number of aliphatic hydroxyl groups is 1. The molecule has 2 fully saturated rings. The van der Waals surface area contributed by atoms with Crippen LogP contribution in [0.4, 0.5) is 0 Å². The monoisotopic (exact) mass is 266 g/mol. The van der Waals surface area contributed by atoms with Gasteiger partial charge in [0.2, 0.25) is 0 Å². The highest BCUT2D eigenvalue weighted by atomic mass is 16.6. The van der Waals surface area contributed by atoms with Gasteiger partial charge in [-0.2, -0.15) is 0 Å². The van der Waals surface area contributed by atoms with Crippen LogP contribution in [0.1, 0.15) is 24.0 Å². The van der Waals surface area contributed by atoms with Gasteiger partial charge in [-0.1, -0.05) is 60.7 Å². The SMILES string of the molecule is OC1(C2CC2)COC1(c1ccccc1)c1ccccc1. The molecule has 2 aromatic rings. The Hall–Kier alpha value is -1.64. The lowest BCUT2D eigenvalue weighted by molar-refractivity contribution is -0.302. The Morgan fingerprint density at radius 3 is 1.70 bits per heavy atom. The van der Waals surface area contributed by atoms with Crippen molar-refractivity contribution in [3.05, 3.63) is 71.8 Å². The molecule has 1 saturated heterocycles. The molecule has 2 aliphatic rings. The molecule has 1 aliphatic carbocycles. The van der Waals surface area contributed by atoms with Crippen LogP contribution >= 0.6 is 0 Å². The highest BCUT2D eigenvalue weighted by Gasteiger charge is 2.67. The van der Waals surface area contributed by atoms with Crippen LogP contribution in [0, 0.1) is 5.92 Å². The van der Waals surface area contributed by atoms with Gasteiger partial charge in [0.15, 0.2) is 0 Å². The molecule has 1 aliphatic heterocycles. The fraction of sp³-hybridized carbons (Fsp3) is 0.333. The summed E-state index contributed by atoms with van der Waals surface area (Å²) in [6.07, 6.45) is 2.20. The predicted molar refractivity (Wildman–Crippen MR) is 77.3 cm³/mol. The number of hydrogen-bond donors (Lipinski definition) is 1. The molecule has 0 amide bonds. The Labute approximate surface area is 119 Å². The van der Waals surface area contributed by atoms with E-state index in [0.29, 0.717) is 12.5 Å². The molecule has 1 N–H and O–H groups in total. The molecule has 2 nitrogen and oxygen atoms in total. The van der Waals surface area contributed by atoms with E-state index in [1.54, 1.807) is 0 Å². The van der Waals surface area contributed by atoms with Crippen LogP contribution in [-0.2, 0) is 10.3 Å². The van der Waals surface area contributed by atoms with Crippen LogP contribution in [0.2, 0.25) is 0 Å². The third-order valence-electron chi connectivity index (χ3n) is 4.73. The van der Waals surface area contributed by atoms with Gasteiger partial charge in [0, 0.05) is 0 Å². The molecule has 102 valence electrons. The summed E-state index contributed by atoms with van der Waals surface area (Å²) in [5.74, 6) is 0.358. The standard InChI is InChI=1S/C18H18O2/c19-17(14-11-12-14)13-20-18(17,15-7-3-1-4-8-15)16-9-5-2-6-10-16/h1-10,14,19H,11-13H2. The molecule has 0 bridgehead atoms. The minimum atomic E-state index is -0.768. The molecule has 0 aromatic heterocycles. The molecule has 2 heteroatoms. The first-order valence-electron chi connectivity index (χ1n) is 7.25. The van der Waals surface area contributed by atoms with Crippen LogP contribution in [-0.4, -0.2) is 17.3 Å². The Morgan fingerprint density at radius 2 is 1.35 bits per heavy atom. The minimum absolute atomic E-state index is 0.358. The summed E-state index contributed by atoms with van der Waals surface area (Å²) < 4.78 is 6.06. The van der Waals surface area contributed by atoms with Crippen LogP contribution in [0.5, 0.6) is 0 Å². The van der Waals surface area contributed by atoms with Crippen LogP contribution in [0.25, 0.3) is 0 Å². The van der Waals surface area contributed by atoms with Gasteiger partial charge in [0.1, 0.15) is 11.2 Å². The van der Waals surface area contributed by atoms with Crippen LogP contribution in [0.3, 0.4) is 0 Å². The lowest BCUT2D eigenvalue weighted by atomic mass is 9.66. The van der Waals surface area contributed by atoms with Crippen molar-refractivity contribution in [3.8, 4) is 0 Å². The first-order chi connectivity index (χ1) is 9.77. The Bertz CT molecular complexity index is 564. The predicted octanol–water partition coefficient (Wildman–Crippen LogP) is 3.10. The van der Waals surface area contributed by atoms with Crippen molar-refractivity contribution in [1.82, 2.24) is 0 Å². The van der Waals surface area contributed by atoms with Gasteiger partial charge >= 0.3 is 0 Å². The normalized spacial score (nSPS) is 27.9. The molecule has 1 heterocycles. The third-order valence-corrected chi connectivity index (χ3v) is 4.73. The molecule has 1 saturated carbocycles. The molecule has 2 aromatic carbocycles. The van der Waals surface area contributed by atoms with E-state index in [1.807, 2.05) is 36.4 Å². The van der Waals surface area contributed by atoms with E-state index in [2.05, 4.69) is 24.3 Å². The fourth-order valence-corrected chi connectivity index (χ4v) is 3.51. The van der Waals surface area contributed by atoms with E-state index in [4.69, 9.17) is 4.74 Å². The number of hydrogen-bond acceptors (Lipinski definition) is 2. The van der Waals surface area contributed by atoms with Gasteiger partial charge in [-0.3, -0.25) is 0 Å². The summed E-state index contributed by atoms with van der Waals surface area (Å²) >= 11 is 0. The first kappa shape index (κ1) is 12.1. The molecular formula is C18H18O2. The van der Waals surface area contributed by atoms with Crippen molar-refractivity contribution >= 4 is 0 Å². The van der Waals surface area contributed by atoms with Crippen LogP contribution < -0.4 is 0 Å². The topological polar surface area (TPSA) is 29.5 Å². The Morgan fingerprint density at radius 1 is 0.850 bits per heavy atom. The maximum atomic E-state index is 11.2. The number of benzene rings is 2. The van der Waals surface area contributed by atoms with Crippen molar-refractivity contribution < 1.29 is 9.84 Å². The second kappa shape index (κ2) is 4.18. The Balaban J connectivity index is 1.90. The molecule has 4 rings (SSSR count). The van der Waals surface area contributed by atoms with Crippen molar-refractivity contribution in [2.45, 2.75) is 24.0 Å². The minimum Gasteiger partial charge on any atom is -0.383 e. The largest absolute Gasteiger partial charge is 0.383 e. The zero-order chi connectivity index (χ0) is 13.6. The smallest absolute Gasteiger partial charge is 0.149 e. The summed E-state index contributed by atoms with van der Waals surface area (Å²) in [6.45, 7) is 0.432. The average molecular weight is 266 g/mol. The molecule has 0 radical (unpaired) electrons. The fourth-order valence-electron chi connectivity index (χ4n) is 3.51. The van der Waals surface area contributed by atoms with Crippen molar-refractivity contribution in [3.63, 3.8) is 0 Å². The number of rotatable bonds is 3. The lowest BCUT2D eigenvalue weighted by Crippen LogP contribution is -2.68. The Kier molecular flexibility index (Phi) is 2.53. The van der Waals surface area contributed by atoms with Gasteiger partial charge in [0.25, 0.3) is 0 Å². The number of ether oxygens (including phenoxy) is 1. The van der Waals surface area contributed by atoms with Gasteiger partial charge in [-0.05, 0) is 29.9 Å². The molecular weight excluding hydrogens is 248 g/mol.